The lowest BCUT2D eigenvalue weighted by atomic mass is 10.0. The van der Waals surface area contributed by atoms with Gasteiger partial charge in [0.05, 0.1) is 5.69 Å². The third kappa shape index (κ3) is 4.47. The lowest BCUT2D eigenvalue weighted by Gasteiger charge is -2.14. The van der Waals surface area contributed by atoms with E-state index in [0.29, 0.717) is 5.69 Å². The molecule has 138 valence electrons. The predicted octanol–water partition coefficient (Wildman–Crippen LogP) is 5.04. The molecule has 1 amide bonds. The Labute approximate surface area is 157 Å². The van der Waals surface area contributed by atoms with Gasteiger partial charge in [0, 0.05) is 11.4 Å². The third-order valence-corrected chi connectivity index (χ3v) is 4.04. The van der Waals surface area contributed by atoms with Gasteiger partial charge in [0.15, 0.2) is 0 Å². The fourth-order valence-electron chi connectivity index (χ4n) is 2.72. The van der Waals surface area contributed by atoms with E-state index in [1.54, 1.807) is 31.2 Å². The van der Waals surface area contributed by atoms with Crippen molar-refractivity contribution < 1.29 is 9.18 Å². The Morgan fingerprint density at radius 3 is 2.37 bits per heavy atom. The molecule has 0 aliphatic heterocycles. The monoisotopic (exact) mass is 364 g/mol. The number of aryl methyl sites for hydroxylation is 1. The van der Waals surface area contributed by atoms with E-state index in [1.807, 2.05) is 24.3 Å². The zero-order chi connectivity index (χ0) is 19.4. The number of rotatable bonds is 5. The molecule has 0 bridgehead atoms. The van der Waals surface area contributed by atoms with Crippen LogP contribution >= 0.6 is 0 Å². The summed E-state index contributed by atoms with van der Waals surface area (Å²) in [5.74, 6) is -0.320. The number of carbonyl (C=O) groups is 1. The maximum absolute atomic E-state index is 13.8. The van der Waals surface area contributed by atoms with Crippen LogP contribution in [0.3, 0.4) is 0 Å². The molecule has 0 saturated carbocycles. The summed E-state index contributed by atoms with van der Waals surface area (Å²) in [7, 11) is 0. The van der Waals surface area contributed by atoms with E-state index in [0.717, 1.165) is 11.3 Å². The number of benzene rings is 2. The van der Waals surface area contributed by atoms with Crippen molar-refractivity contribution >= 4 is 23.2 Å². The first-order valence-corrected chi connectivity index (χ1v) is 8.71. The summed E-state index contributed by atoms with van der Waals surface area (Å²) < 4.78 is 13.8. The minimum atomic E-state index is -0.417. The van der Waals surface area contributed by atoms with Crippen LogP contribution in [0.5, 0.6) is 0 Å². The molecule has 1 heterocycles. The van der Waals surface area contributed by atoms with Gasteiger partial charge in [-0.2, -0.15) is 0 Å². The number of amides is 1. The van der Waals surface area contributed by atoms with Crippen molar-refractivity contribution in [1.82, 2.24) is 9.97 Å². The van der Waals surface area contributed by atoms with Crippen molar-refractivity contribution in [2.45, 2.75) is 26.7 Å². The van der Waals surface area contributed by atoms with Gasteiger partial charge >= 0.3 is 0 Å². The zero-order valence-corrected chi connectivity index (χ0v) is 15.5. The minimum absolute atomic E-state index is 0.169. The summed E-state index contributed by atoms with van der Waals surface area (Å²) in [5, 5.41) is 5.73. The van der Waals surface area contributed by atoms with Crippen molar-refractivity contribution in [2.75, 3.05) is 10.6 Å². The largest absolute Gasteiger partial charge is 0.322 e. The van der Waals surface area contributed by atoms with Gasteiger partial charge in [-0.1, -0.05) is 44.2 Å². The van der Waals surface area contributed by atoms with E-state index < -0.39 is 5.82 Å². The summed E-state index contributed by atoms with van der Waals surface area (Å²) in [6, 6.07) is 15.5. The summed E-state index contributed by atoms with van der Waals surface area (Å²) in [6.45, 7) is 5.89. The SMILES string of the molecule is Cc1cc(C(=O)Nc2ccccc2C(C)C)nc(Nc2ccccc2F)n1. The van der Waals surface area contributed by atoms with Crippen molar-refractivity contribution in [3.63, 3.8) is 0 Å². The number of nitrogens with zero attached hydrogens (tertiary/aromatic N) is 2. The molecule has 27 heavy (non-hydrogen) atoms. The molecule has 0 saturated heterocycles. The number of hydrogen-bond donors (Lipinski definition) is 2. The average Bonchev–Trinajstić information content (AvgIpc) is 2.63. The molecule has 3 aromatic rings. The van der Waals surface area contributed by atoms with Crippen LogP contribution in [-0.2, 0) is 0 Å². The van der Waals surface area contributed by atoms with E-state index in [-0.39, 0.29) is 29.2 Å². The third-order valence-electron chi connectivity index (χ3n) is 4.04. The second kappa shape index (κ2) is 7.95. The Morgan fingerprint density at radius 1 is 1.00 bits per heavy atom. The normalized spacial score (nSPS) is 10.7. The molecule has 0 atom stereocenters. The van der Waals surface area contributed by atoms with Crippen LogP contribution in [0.2, 0.25) is 0 Å². The van der Waals surface area contributed by atoms with Gasteiger partial charge < -0.3 is 10.6 Å². The van der Waals surface area contributed by atoms with Gasteiger partial charge in [0.25, 0.3) is 5.91 Å². The van der Waals surface area contributed by atoms with E-state index in [1.165, 1.54) is 6.07 Å². The van der Waals surface area contributed by atoms with Crippen LogP contribution in [-0.4, -0.2) is 15.9 Å². The first-order chi connectivity index (χ1) is 12.9. The molecule has 0 fully saturated rings. The fourth-order valence-corrected chi connectivity index (χ4v) is 2.72. The van der Waals surface area contributed by atoms with Gasteiger partial charge in [0.2, 0.25) is 5.95 Å². The number of aromatic nitrogens is 2. The number of para-hydroxylation sites is 2. The number of nitrogens with one attached hydrogen (secondary N) is 2. The molecule has 0 spiro atoms. The van der Waals surface area contributed by atoms with Crippen LogP contribution in [0.1, 0.15) is 41.5 Å². The lowest BCUT2D eigenvalue weighted by Crippen LogP contribution is -2.16. The van der Waals surface area contributed by atoms with E-state index >= 15 is 0 Å². The first kappa shape index (κ1) is 18.5. The van der Waals surface area contributed by atoms with Crippen molar-refractivity contribution in [2.24, 2.45) is 0 Å². The molecule has 3 rings (SSSR count). The highest BCUT2D eigenvalue weighted by molar-refractivity contribution is 6.03. The van der Waals surface area contributed by atoms with E-state index in [9.17, 15) is 9.18 Å². The zero-order valence-electron chi connectivity index (χ0n) is 15.5. The van der Waals surface area contributed by atoms with Crippen LogP contribution in [0.25, 0.3) is 0 Å². The molecule has 6 heteroatoms. The fraction of sp³-hybridized carbons (Fsp3) is 0.190. The molecule has 1 aromatic heterocycles. The molecule has 2 N–H and O–H groups in total. The molecule has 5 nitrogen and oxygen atoms in total. The Hall–Kier alpha value is -3.28. The summed E-state index contributed by atoms with van der Waals surface area (Å²) in [6.07, 6.45) is 0. The quantitative estimate of drug-likeness (QED) is 0.665. The van der Waals surface area contributed by atoms with E-state index in [4.69, 9.17) is 0 Å². The van der Waals surface area contributed by atoms with Crippen LogP contribution < -0.4 is 10.6 Å². The average molecular weight is 364 g/mol. The number of anilines is 3. The van der Waals surface area contributed by atoms with Gasteiger partial charge in [0.1, 0.15) is 11.5 Å². The molecular formula is C21H21FN4O. The molecule has 2 aromatic carbocycles. The maximum Gasteiger partial charge on any atom is 0.274 e. The number of hydrogen-bond acceptors (Lipinski definition) is 4. The molecular weight excluding hydrogens is 343 g/mol. The molecule has 0 unspecified atom stereocenters. The van der Waals surface area contributed by atoms with Crippen LogP contribution in [0.4, 0.5) is 21.7 Å². The van der Waals surface area contributed by atoms with Gasteiger partial charge in [-0.05, 0) is 42.7 Å². The van der Waals surface area contributed by atoms with Gasteiger partial charge in [-0.15, -0.1) is 0 Å². The Kier molecular flexibility index (Phi) is 5.45. The number of carbonyl (C=O) groups excluding carboxylic acids is 1. The second-order valence-corrected chi connectivity index (χ2v) is 6.52. The van der Waals surface area contributed by atoms with Crippen LogP contribution in [0, 0.1) is 12.7 Å². The Morgan fingerprint density at radius 2 is 1.67 bits per heavy atom. The van der Waals surface area contributed by atoms with Crippen molar-refractivity contribution in [1.29, 1.82) is 0 Å². The van der Waals surface area contributed by atoms with Crippen LogP contribution in [0.15, 0.2) is 54.6 Å². The summed E-state index contributed by atoms with van der Waals surface area (Å²) >= 11 is 0. The molecule has 0 radical (unpaired) electrons. The van der Waals surface area contributed by atoms with E-state index in [2.05, 4.69) is 34.4 Å². The highest BCUT2D eigenvalue weighted by Gasteiger charge is 2.14. The summed E-state index contributed by atoms with van der Waals surface area (Å²) in [5.41, 5.74) is 2.85. The predicted molar refractivity (Wildman–Crippen MR) is 105 cm³/mol. The second-order valence-electron chi connectivity index (χ2n) is 6.52. The topological polar surface area (TPSA) is 66.9 Å². The standard InChI is InChI=1S/C21H21FN4O/c1-13(2)15-8-4-6-10-17(15)24-20(27)19-12-14(3)23-21(26-19)25-18-11-7-5-9-16(18)22/h4-13H,1-3H3,(H,24,27)(H,23,25,26). The van der Waals surface area contributed by atoms with Gasteiger partial charge in [-0.3, -0.25) is 4.79 Å². The Bertz CT molecular complexity index is 972. The highest BCUT2D eigenvalue weighted by atomic mass is 19.1. The lowest BCUT2D eigenvalue weighted by molar-refractivity contribution is 0.102. The van der Waals surface area contributed by atoms with Gasteiger partial charge in [-0.25, -0.2) is 14.4 Å². The Balaban J connectivity index is 1.86. The molecule has 0 aliphatic carbocycles. The smallest absolute Gasteiger partial charge is 0.274 e. The summed E-state index contributed by atoms with van der Waals surface area (Å²) in [4.78, 5) is 21.2. The number of halogens is 1. The first-order valence-electron chi connectivity index (χ1n) is 8.71. The maximum atomic E-state index is 13.8. The highest BCUT2D eigenvalue weighted by Crippen LogP contribution is 2.24. The molecule has 0 aliphatic rings. The minimum Gasteiger partial charge on any atom is -0.322 e. The van der Waals surface area contributed by atoms with Crippen molar-refractivity contribution in [3.05, 3.63) is 77.4 Å². The van der Waals surface area contributed by atoms with Crippen molar-refractivity contribution in [3.8, 4) is 0 Å².